The van der Waals surface area contributed by atoms with Crippen molar-refractivity contribution in [1.29, 1.82) is 0 Å². The number of carbonyl (C=O) groups excluding carboxylic acids is 1. The summed E-state index contributed by atoms with van der Waals surface area (Å²) in [7, 11) is 2.10. The average Bonchev–Trinajstić information content (AvgIpc) is 2.73. The van der Waals surface area contributed by atoms with Gasteiger partial charge in [0.2, 0.25) is 0 Å². The second kappa shape index (κ2) is 10.8. The molecule has 31 heavy (non-hydrogen) atoms. The highest BCUT2D eigenvalue weighted by Gasteiger charge is 2.36. The Hall–Kier alpha value is -2.39. The normalized spacial score (nSPS) is 16.7. The van der Waals surface area contributed by atoms with Crippen LogP contribution >= 0.6 is 0 Å². The number of benzene rings is 2. The van der Waals surface area contributed by atoms with E-state index in [4.69, 9.17) is 0 Å². The van der Waals surface area contributed by atoms with Crippen LogP contribution in [0.3, 0.4) is 0 Å². The van der Waals surface area contributed by atoms with Gasteiger partial charge in [0, 0.05) is 5.41 Å². The molecule has 0 unspecified atom stereocenters. The highest BCUT2D eigenvalue weighted by molar-refractivity contribution is 6.21. The van der Waals surface area contributed by atoms with E-state index in [9.17, 15) is 9.90 Å². The highest BCUT2D eigenvalue weighted by atomic mass is 16.3. The van der Waals surface area contributed by atoms with E-state index in [1.54, 1.807) is 6.92 Å². The molecule has 2 aromatic carbocycles. The topological polar surface area (TPSA) is 40.5 Å². The molecule has 0 aliphatic carbocycles. The number of carbonyl (C=O) groups is 1. The fourth-order valence-corrected chi connectivity index (χ4v) is 4.40. The summed E-state index contributed by atoms with van der Waals surface area (Å²) in [5, 5.41) is 11.1. The molecule has 1 N–H and O–H groups in total. The number of ketones is 1. The molecule has 0 spiro atoms. The molecule has 1 aliphatic heterocycles. The van der Waals surface area contributed by atoms with E-state index in [0.717, 1.165) is 49.0 Å². The predicted molar refractivity (Wildman–Crippen MR) is 132 cm³/mol. The van der Waals surface area contributed by atoms with E-state index in [1.165, 1.54) is 11.1 Å². The van der Waals surface area contributed by atoms with Crippen molar-refractivity contribution in [2.45, 2.75) is 60.8 Å². The van der Waals surface area contributed by atoms with Gasteiger partial charge < -0.3 is 10.0 Å². The van der Waals surface area contributed by atoms with Gasteiger partial charge in [-0.05, 0) is 89.3 Å². The van der Waals surface area contributed by atoms with Gasteiger partial charge in [-0.25, -0.2) is 0 Å². The maximum atomic E-state index is 12.4. The zero-order chi connectivity index (χ0) is 23.2. The van der Waals surface area contributed by atoms with Crippen molar-refractivity contribution in [3.63, 3.8) is 0 Å². The molecule has 0 amide bonds. The lowest BCUT2D eigenvalue weighted by Crippen LogP contribution is -2.38. The van der Waals surface area contributed by atoms with Crippen molar-refractivity contribution in [2.24, 2.45) is 5.41 Å². The van der Waals surface area contributed by atoms with Crippen LogP contribution in [0.15, 0.2) is 48.2 Å². The molecule has 168 valence electrons. The van der Waals surface area contributed by atoms with Gasteiger partial charge >= 0.3 is 0 Å². The van der Waals surface area contributed by atoms with E-state index in [-0.39, 0.29) is 17.0 Å². The standard InChI is InChI=1S/C20H29NO2.C8H10/c1-13-11-14(2)17(15(3)12-13)18(16(4)22)19(23)20(5)7-9-21(6)10-8-20;1-2-8-6-4-3-5-7-8/h11-12,23H,7-10H2,1-6H3;3-7H,2H2,1H3/b19-18-;. The number of aliphatic hydroxyl groups excluding tert-OH is 1. The molecule has 1 saturated heterocycles. The third kappa shape index (κ3) is 6.30. The van der Waals surface area contributed by atoms with Crippen molar-refractivity contribution in [3.8, 4) is 0 Å². The lowest BCUT2D eigenvalue weighted by molar-refractivity contribution is -0.112. The summed E-state index contributed by atoms with van der Waals surface area (Å²) >= 11 is 0. The molecule has 3 rings (SSSR count). The minimum atomic E-state index is -0.322. The molecular formula is C28H39NO2. The molecule has 0 saturated carbocycles. The van der Waals surface area contributed by atoms with Crippen LogP contribution in [0.5, 0.6) is 0 Å². The predicted octanol–water partition coefficient (Wildman–Crippen LogP) is 6.45. The SMILES string of the molecule is CC(=O)/C(=C(/O)C1(C)CCN(C)CC1)c1c(C)cc(C)cc1C.CCc1ccccc1. The molecule has 1 heterocycles. The van der Waals surface area contributed by atoms with Gasteiger partial charge in [-0.2, -0.15) is 0 Å². The Morgan fingerprint density at radius 2 is 1.55 bits per heavy atom. The number of nitrogens with zero attached hydrogens (tertiary/aromatic N) is 1. The summed E-state index contributed by atoms with van der Waals surface area (Å²) in [6, 6.07) is 14.6. The van der Waals surface area contributed by atoms with Gasteiger partial charge in [-0.15, -0.1) is 0 Å². The van der Waals surface area contributed by atoms with Crippen LogP contribution in [-0.2, 0) is 11.2 Å². The van der Waals surface area contributed by atoms with Gasteiger partial charge in [0.05, 0.1) is 5.57 Å². The first-order valence-electron chi connectivity index (χ1n) is 11.3. The summed E-state index contributed by atoms with van der Waals surface area (Å²) in [4.78, 5) is 14.7. The molecule has 3 heteroatoms. The van der Waals surface area contributed by atoms with Gasteiger partial charge in [-0.3, -0.25) is 4.79 Å². The number of aliphatic hydroxyl groups is 1. The van der Waals surface area contributed by atoms with Crippen molar-refractivity contribution in [1.82, 2.24) is 4.90 Å². The summed E-state index contributed by atoms with van der Waals surface area (Å²) in [5.74, 6) is 0.214. The van der Waals surface area contributed by atoms with Gasteiger partial charge in [0.15, 0.2) is 5.78 Å². The van der Waals surface area contributed by atoms with Crippen LogP contribution in [-0.4, -0.2) is 35.9 Å². The first kappa shape index (κ1) is 24.9. The number of hydrogen-bond donors (Lipinski definition) is 1. The minimum Gasteiger partial charge on any atom is -0.511 e. The van der Waals surface area contributed by atoms with Crippen LogP contribution < -0.4 is 0 Å². The van der Waals surface area contributed by atoms with E-state index in [0.29, 0.717) is 5.57 Å². The second-order valence-electron chi connectivity index (χ2n) is 9.26. The second-order valence-corrected chi connectivity index (χ2v) is 9.26. The monoisotopic (exact) mass is 421 g/mol. The summed E-state index contributed by atoms with van der Waals surface area (Å²) in [5.41, 5.74) is 5.78. The smallest absolute Gasteiger partial charge is 0.163 e. The van der Waals surface area contributed by atoms with Gasteiger partial charge in [-0.1, -0.05) is 61.9 Å². The lowest BCUT2D eigenvalue weighted by Gasteiger charge is -2.38. The molecule has 0 bridgehead atoms. The number of rotatable bonds is 4. The Morgan fingerprint density at radius 1 is 1.03 bits per heavy atom. The van der Waals surface area contributed by atoms with Crippen LogP contribution in [0.25, 0.3) is 5.57 Å². The highest BCUT2D eigenvalue weighted by Crippen LogP contribution is 2.41. The number of aryl methyl sites for hydroxylation is 4. The summed E-state index contributed by atoms with van der Waals surface area (Å²) in [6.45, 7) is 13.8. The maximum Gasteiger partial charge on any atom is 0.163 e. The summed E-state index contributed by atoms with van der Waals surface area (Å²) in [6.07, 6.45) is 2.88. The van der Waals surface area contributed by atoms with Crippen LogP contribution in [0.4, 0.5) is 0 Å². The molecule has 3 nitrogen and oxygen atoms in total. The van der Waals surface area contributed by atoms with Crippen molar-refractivity contribution in [2.75, 3.05) is 20.1 Å². The lowest BCUT2D eigenvalue weighted by atomic mass is 9.75. The zero-order valence-corrected chi connectivity index (χ0v) is 20.4. The molecular weight excluding hydrogens is 382 g/mol. The molecule has 1 fully saturated rings. The zero-order valence-electron chi connectivity index (χ0n) is 20.4. The molecule has 2 aromatic rings. The molecule has 1 aliphatic rings. The van der Waals surface area contributed by atoms with Crippen molar-refractivity contribution >= 4 is 11.4 Å². The van der Waals surface area contributed by atoms with Gasteiger partial charge in [0.1, 0.15) is 5.76 Å². The number of piperidine rings is 1. The maximum absolute atomic E-state index is 12.4. The van der Waals surface area contributed by atoms with Crippen LogP contribution in [0.1, 0.15) is 61.4 Å². The molecule has 0 radical (unpaired) electrons. The average molecular weight is 422 g/mol. The minimum absolute atomic E-state index is 0.0577. The van der Waals surface area contributed by atoms with E-state index in [1.807, 2.05) is 19.9 Å². The van der Waals surface area contributed by atoms with Crippen molar-refractivity contribution in [3.05, 3.63) is 76.0 Å². The Labute approximate surface area is 188 Å². The number of allylic oxidation sites excluding steroid dienone is 2. The number of Topliss-reactive ketones (excluding diaryl/α,β-unsaturated/α-hetero) is 1. The van der Waals surface area contributed by atoms with E-state index >= 15 is 0 Å². The quantitative estimate of drug-likeness (QED) is 0.455. The third-order valence-electron chi connectivity index (χ3n) is 6.43. The third-order valence-corrected chi connectivity index (χ3v) is 6.43. The molecule has 0 atom stereocenters. The van der Waals surface area contributed by atoms with Crippen molar-refractivity contribution < 1.29 is 9.90 Å². The largest absolute Gasteiger partial charge is 0.511 e. The van der Waals surface area contributed by atoms with Gasteiger partial charge in [0.25, 0.3) is 0 Å². The Bertz CT molecular complexity index is 896. The number of likely N-dealkylation sites (tertiary alicyclic amines) is 1. The fourth-order valence-electron chi connectivity index (χ4n) is 4.40. The Kier molecular flexibility index (Phi) is 8.64. The summed E-state index contributed by atoms with van der Waals surface area (Å²) < 4.78 is 0. The Morgan fingerprint density at radius 3 is 1.97 bits per heavy atom. The van der Waals surface area contributed by atoms with E-state index in [2.05, 4.69) is 69.1 Å². The fraction of sp³-hybridized carbons (Fsp3) is 0.464. The van der Waals surface area contributed by atoms with E-state index < -0.39 is 0 Å². The Balaban J connectivity index is 0.000000357. The first-order valence-corrected chi connectivity index (χ1v) is 11.3. The number of hydrogen-bond acceptors (Lipinski definition) is 3. The van der Waals surface area contributed by atoms with Crippen LogP contribution in [0, 0.1) is 26.2 Å². The first-order chi connectivity index (χ1) is 14.6. The molecule has 0 aromatic heterocycles. The van der Waals surface area contributed by atoms with Crippen LogP contribution in [0.2, 0.25) is 0 Å².